The number of benzene rings is 2. The van der Waals surface area contributed by atoms with Crippen molar-refractivity contribution < 1.29 is 22.6 Å². The number of ether oxygens (including phenoxy) is 2. The normalized spacial score (nSPS) is 11.6. The number of anilines is 1. The summed E-state index contributed by atoms with van der Waals surface area (Å²) < 4.78 is 55.5. The van der Waals surface area contributed by atoms with Gasteiger partial charge in [-0.1, -0.05) is 37.9 Å². The first kappa shape index (κ1) is 27.4. The molecule has 1 aromatic heterocycles. The number of halogens is 4. The maximum absolute atomic E-state index is 13.9. The van der Waals surface area contributed by atoms with Crippen LogP contribution < -0.4 is 14.2 Å². The van der Waals surface area contributed by atoms with Crippen molar-refractivity contribution in [3.8, 4) is 17.6 Å². The SMILES string of the molecule is CSNc1nccc(COc2ccc(C(C)(C)c3cc(C#N)c(OCCCl)c(C(F)(F)F)c3)cc2)n1. The molecule has 0 fully saturated rings. The van der Waals surface area contributed by atoms with Gasteiger partial charge in [-0.2, -0.15) is 18.4 Å². The maximum Gasteiger partial charge on any atom is 0.420 e. The highest BCUT2D eigenvalue weighted by Crippen LogP contribution is 2.43. The monoisotopic (exact) mass is 536 g/mol. The van der Waals surface area contributed by atoms with E-state index in [0.29, 0.717) is 23.0 Å². The molecule has 6 nitrogen and oxygen atoms in total. The summed E-state index contributed by atoms with van der Waals surface area (Å²) in [5.41, 5.74) is -0.290. The van der Waals surface area contributed by atoms with E-state index in [2.05, 4.69) is 14.7 Å². The van der Waals surface area contributed by atoms with Crippen LogP contribution in [0.25, 0.3) is 0 Å². The standard InChI is InChI=1S/C25H24ClF3N4O2S/c1-24(2,18-12-16(14-30)22(34-11-9-26)21(13-18)25(27,28)29)17-4-6-20(7-5-17)35-15-19-8-10-31-23(32-19)33-36-3/h4-8,10,12-13H,9,11,15H2,1-3H3,(H,31,32,33). The molecule has 36 heavy (non-hydrogen) atoms. The van der Waals surface area contributed by atoms with Crippen LogP contribution in [0, 0.1) is 11.3 Å². The van der Waals surface area contributed by atoms with Gasteiger partial charge in [-0.25, -0.2) is 9.97 Å². The minimum Gasteiger partial charge on any atom is -0.490 e. The van der Waals surface area contributed by atoms with Gasteiger partial charge in [-0.15, -0.1) is 11.6 Å². The first-order chi connectivity index (χ1) is 17.1. The predicted molar refractivity (Wildman–Crippen MR) is 134 cm³/mol. The van der Waals surface area contributed by atoms with E-state index >= 15 is 0 Å². The van der Waals surface area contributed by atoms with E-state index in [1.165, 1.54) is 18.0 Å². The van der Waals surface area contributed by atoms with Crippen molar-refractivity contribution in [3.05, 3.63) is 76.6 Å². The molecule has 0 radical (unpaired) electrons. The molecule has 0 aliphatic heterocycles. The Labute approximate surface area is 216 Å². The second-order valence-corrected chi connectivity index (χ2v) is 9.15. The molecule has 0 aliphatic rings. The van der Waals surface area contributed by atoms with Gasteiger partial charge in [-0.3, -0.25) is 4.72 Å². The zero-order valence-electron chi connectivity index (χ0n) is 19.8. The third-order valence-corrected chi connectivity index (χ3v) is 5.97. The van der Waals surface area contributed by atoms with Crippen LogP contribution >= 0.6 is 23.5 Å². The van der Waals surface area contributed by atoms with Crippen LogP contribution in [0.15, 0.2) is 48.7 Å². The number of rotatable bonds is 10. The predicted octanol–water partition coefficient (Wildman–Crippen LogP) is 6.58. The smallest absolute Gasteiger partial charge is 0.420 e. The van der Waals surface area contributed by atoms with Gasteiger partial charge in [0.2, 0.25) is 5.95 Å². The maximum atomic E-state index is 13.9. The average Bonchev–Trinajstić information content (AvgIpc) is 2.85. The number of alkyl halides is 4. The molecule has 0 spiro atoms. The molecule has 3 aromatic rings. The van der Waals surface area contributed by atoms with E-state index in [1.807, 2.05) is 12.3 Å². The number of nitrogens with one attached hydrogen (secondary N) is 1. The van der Waals surface area contributed by atoms with E-state index in [0.717, 1.165) is 11.6 Å². The molecule has 0 saturated carbocycles. The van der Waals surface area contributed by atoms with Crippen molar-refractivity contribution in [3.63, 3.8) is 0 Å². The Morgan fingerprint density at radius 3 is 2.42 bits per heavy atom. The molecule has 0 bridgehead atoms. The summed E-state index contributed by atoms with van der Waals surface area (Å²) in [4.78, 5) is 8.44. The fourth-order valence-electron chi connectivity index (χ4n) is 3.49. The average molecular weight is 537 g/mol. The quantitative estimate of drug-likeness (QED) is 0.231. The second kappa shape index (κ2) is 11.7. The summed E-state index contributed by atoms with van der Waals surface area (Å²) in [5.74, 6) is 0.548. The van der Waals surface area contributed by atoms with E-state index in [4.69, 9.17) is 21.1 Å². The molecule has 0 aliphatic carbocycles. The highest BCUT2D eigenvalue weighted by atomic mass is 35.5. The van der Waals surface area contributed by atoms with Gasteiger partial charge in [-0.05, 0) is 41.5 Å². The first-order valence-electron chi connectivity index (χ1n) is 10.8. The lowest BCUT2D eigenvalue weighted by Gasteiger charge is -2.28. The molecule has 0 atom stereocenters. The highest BCUT2D eigenvalue weighted by molar-refractivity contribution is 7.99. The van der Waals surface area contributed by atoms with Crippen LogP contribution in [-0.4, -0.2) is 28.7 Å². The van der Waals surface area contributed by atoms with Crippen molar-refractivity contribution >= 4 is 29.5 Å². The van der Waals surface area contributed by atoms with E-state index in [1.54, 1.807) is 50.4 Å². The lowest BCUT2D eigenvalue weighted by Crippen LogP contribution is -2.21. The minimum atomic E-state index is -4.71. The summed E-state index contributed by atoms with van der Waals surface area (Å²) in [6.07, 6.45) is -1.21. The van der Waals surface area contributed by atoms with Crippen LogP contribution in [0.5, 0.6) is 11.5 Å². The third-order valence-electron chi connectivity index (χ3n) is 5.43. The largest absolute Gasteiger partial charge is 0.490 e. The number of hydrogen-bond donors (Lipinski definition) is 1. The lowest BCUT2D eigenvalue weighted by atomic mass is 9.77. The van der Waals surface area contributed by atoms with Crippen LogP contribution in [0.4, 0.5) is 19.1 Å². The zero-order chi connectivity index (χ0) is 26.3. The van der Waals surface area contributed by atoms with Crippen LogP contribution in [0.2, 0.25) is 0 Å². The Morgan fingerprint density at radius 1 is 1.08 bits per heavy atom. The summed E-state index contributed by atoms with van der Waals surface area (Å²) in [5, 5.41) is 9.54. The van der Waals surface area contributed by atoms with Crippen molar-refractivity contribution in [1.29, 1.82) is 5.26 Å². The first-order valence-corrected chi connectivity index (χ1v) is 12.5. The Morgan fingerprint density at radius 2 is 1.81 bits per heavy atom. The van der Waals surface area contributed by atoms with E-state index < -0.39 is 22.9 Å². The lowest BCUT2D eigenvalue weighted by molar-refractivity contribution is -0.139. The van der Waals surface area contributed by atoms with Gasteiger partial charge >= 0.3 is 6.18 Å². The number of hydrogen-bond acceptors (Lipinski definition) is 7. The van der Waals surface area contributed by atoms with Crippen LogP contribution in [0.3, 0.4) is 0 Å². The molecule has 1 N–H and O–H groups in total. The molecular weight excluding hydrogens is 513 g/mol. The van der Waals surface area contributed by atoms with Crippen LogP contribution in [0.1, 0.15) is 41.8 Å². The van der Waals surface area contributed by atoms with Gasteiger partial charge in [0, 0.05) is 17.9 Å². The summed E-state index contributed by atoms with van der Waals surface area (Å²) in [6, 6.07) is 13.1. The topological polar surface area (TPSA) is 80.1 Å². The fourth-order valence-corrected chi connectivity index (χ4v) is 3.85. The van der Waals surface area contributed by atoms with Crippen molar-refractivity contribution in [2.75, 3.05) is 23.5 Å². The molecule has 3 rings (SSSR count). The molecule has 0 saturated heterocycles. The van der Waals surface area contributed by atoms with Gasteiger partial charge in [0.25, 0.3) is 0 Å². The molecule has 190 valence electrons. The Kier molecular flexibility index (Phi) is 8.93. The molecule has 1 heterocycles. The van der Waals surface area contributed by atoms with Gasteiger partial charge in [0.05, 0.1) is 22.7 Å². The second-order valence-electron chi connectivity index (χ2n) is 8.16. The molecule has 2 aromatic carbocycles. The van der Waals surface area contributed by atoms with Crippen LogP contribution in [-0.2, 0) is 18.2 Å². The molecule has 0 unspecified atom stereocenters. The Bertz CT molecular complexity index is 1230. The van der Waals surface area contributed by atoms with Crippen molar-refractivity contribution in [2.24, 2.45) is 0 Å². The summed E-state index contributed by atoms with van der Waals surface area (Å²) >= 11 is 6.96. The minimum absolute atomic E-state index is 0.00306. The highest BCUT2D eigenvalue weighted by Gasteiger charge is 2.38. The van der Waals surface area contributed by atoms with Crippen molar-refractivity contribution in [2.45, 2.75) is 32.0 Å². The molecule has 11 heteroatoms. The van der Waals surface area contributed by atoms with Crippen molar-refractivity contribution in [1.82, 2.24) is 9.97 Å². The fraction of sp³-hybridized carbons (Fsp3) is 0.320. The Balaban J connectivity index is 1.86. The van der Waals surface area contributed by atoms with Gasteiger partial charge in [0.15, 0.2) is 0 Å². The number of nitrogens with zero attached hydrogens (tertiary/aromatic N) is 3. The number of nitriles is 1. The zero-order valence-corrected chi connectivity index (χ0v) is 21.4. The van der Waals surface area contributed by atoms with Gasteiger partial charge in [0.1, 0.15) is 30.8 Å². The molecule has 0 amide bonds. The van der Waals surface area contributed by atoms with E-state index in [-0.39, 0.29) is 24.7 Å². The third kappa shape index (κ3) is 6.53. The van der Waals surface area contributed by atoms with E-state index in [9.17, 15) is 18.4 Å². The Hall–Kier alpha value is -3.16. The van der Waals surface area contributed by atoms with Gasteiger partial charge < -0.3 is 9.47 Å². The summed E-state index contributed by atoms with van der Waals surface area (Å²) in [7, 11) is 0. The number of aromatic nitrogens is 2. The summed E-state index contributed by atoms with van der Waals surface area (Å²) in [6.45, 7) is 3.66. The molecular formula is C25H24ClF3N4O2S.